The molecule has 2 aliphatic heterocycles. The van der Waals surface area contributed by atoms with Gasteiger partial charge in [0.05, 0.1) is 26.4 Å². The second kappa shape index (κ2) is 51.1. The summed E-state index contributed by atoms with van der Waals surface area (Å²) in [6.45, 7) is 3.72. The van der Waals surface area contributed by atoms with Gasteiger partial charge >= 0.3 is 5.97 Å². The van der Waals surface area contributed by atoms with Crippen LogP contribution in [0.4, 0.5) is 0 Å². The first kappa shape index (κ1) is 72.6. The molecule has 0 aromatic carbocycles. The predicted molar refractivity (Wildman–Crippen MR) is 312 cm³/mol. The number of aliphatic hydroxyl groups excluding tert-OH is 7. The van der Waals surface area contributed by atoms with E-state index >= 15 is 0 Å². The van der Waals surface area contributed by atoms with E-state index in [2.05, 4.69) is 38.2 Å². The average Bonchev–Trinajstić information content (AvgIpc) is 3.45. The minimum atomic E-state index is -1.71. The highest BCUT2D eigenvalue weighted by Crippen LogP contribution is 2.27. The van der Waals surface area contributed by atoms with Crippen LogP contribution in [0.2, 0.25) is 0 Å². The molecule has 11 atom stereocenters. The maximum Gasteiger partial charge on any atom is 0.306 e. The highest BCUT2D eigenvalue weighted by atomic mass is 16.7. The molecule has 2 fully saturated rings. The number of aliphatic hydroxyl groups is 7. The van der Waals surface area contributed by atoms with Crippen LogP contribution in [0.5, 0.6) is 0 Å². The van der Waals surface area contributed by atoms with Crippen LogP contribution in [0.25, 0.3) is 0 Å². The lowest BCUT2D eigenvalue weighted by atomic mass is 9.98. The van der Waals surface area contributed by atoms with E-state index in [1.165, 1.54) is 205 Å². The number of hydrogen-bond acceptors (Lipinski definition) is 14. The maximum atomic E-state index is 13.1. The van der Waals surface area contributed by atoms with Crippen molar-refractivity contribution < 1.29 is 69.0 Å². The molecule has 460 valence electrons. The molecule has 0 saturated carbocycles. The first-order valence-electron chi connectivity index (χ1n) is 32.4. The van der Waals surface area contributed by atoms with Gasteiger partial charge in [-0.25, -0.2) is 0 Å². The van der Waals surface area contributed by atoms with E-state index in [1.54, 1.807) is 0 Å². The number of carbonyl (C=O) groups is 1. The summed E-state index contributed by atoms with van der Waals surface area (Å²) < 4.78 is 34.5. The van der Waals surface area contributed by atoms with Crippen molar-refractivity contribution in [2.75, 3.05) is 33.0 Å². The molecule has 0 aromatic heterocycles. The van der Waals surface area contributed by atoms with E-state index in [9.17, 15) is 40.5 Å². The molecule has 2 aliphatic rings. The molecular weight excluding hydrogens is 993 g/mol. The molecular formula is C64H120O14. The Morgan fingerprint density at radius 3 is 1.26 bits per heavy atom. The number of allylic oxidation sites excluding steroid dienone is 4. The van der Waals surface area contributed by atoms with Gasteiger partial charge < -0.3 is 64.2 Å². The lowest BCUT2D eigenvalue weighted by Gasteiger charge is -2.42. The Morgan fingerprint density at radius 2 is 0.795 bits per heavy atom. The second-order valence-electron chi connectivity index (χ2n) is 22.9. The van der Waals surface area contributed by atoms with Gasteiger partial charge in [0, 0.05) is 13.0 Å². The molecule has 2 rings (SSSR count). The highest BCUT2D eigenvalue weighted by Gasteiger charge is 2.47. The van der Waals surface area contributed by atoms with Gasteiger partial charge in [-0.1, -0.05) is 250 Å². The molecule has 0 amide bonds. The summed E-state index contributed by atoms with van der Waals surface area (Å²) in [7, 11) is 0. The monoisotopic (exact) mass is 1110 g/mol. The molecule has 0 aromatic rings. The van der Waals surface area contributed by atoms with Gasteiger partial charge in [0.15, 0.2) is 12.6 Å². The molecule has 0 spiro atoms. The lowest BCUT2D eigenvalue weighted by molar-refractivity contribution is -0.332. The average molecular weight is 1110 g/mol. The zero-order valence-corrected chi connectivity index (χ0v) is 49.7. The topological polar surface area (TPSA) is 214 Å². The van der Waals surface area contributed by atoms with Crippen LogP contribution in [0.15, 0.2) is 24.3 Å². The zero-order valence-electron chi connectivity index (χ0n) is 49.7. The van der Waals surface area contributed by atoms with Crippen molar-refractivity contribution in [3.63, 3.8) is 0 Å². The van der Waals surface area contributed by atoms with Gasteiger partial charge in [0.2, 0.25) is 0 Å². The smallest absolute Gasteiger partial charge is 0.306 e. The first-order chi connectivity index (χ1) is 38.1. The Kier molecular flexibility index (Phi) is 47.6. The number of unbranched alkanes of at least 4 members (excludes halogenated alkanes) is 36. The Morgan fingerprint density at radius 1 is 0.423 bits per heavy atom. The molecule has 14 nitrogen and oxygen atoms in total. The normalized spacial score (nSPS) is 24.2. The van der Waals surface area contributed by atoms with E-state index in [0.717, 1.165) is 44.9 Å². The van der Waals surface area contributed by atoms with E-state index < -0.39 is 80.7 Å². The Labute approximate surface area is 475 Å². The van der Waals surface area contributed by atoms with Crippen LogP contribution in [0.3, 0.4) is 0 Å². The minimum Gasteiger partial charge on any atom is -0.457 e. The number of carbonyl (C=O) groups excluding carboxylic acids is 1. The summed E-state index contributed by atoms with van der Waals surface area (Å²) >= 11 is 0. The van der Waals surface area contributed by atoms with Crippen molar-refractivity contribution in [2.45, 2.75) is 345 Å². The van der Waals surface area contributed by atoms with Crippen molar-refractivity contribution in [3.05, 3.63) is 24.3 Å². The summed E-state index contributed by atoms with van der Waals surface area (Å²) in [5, 5.41) is 72.5. The third-order valence-electron chi connectivity index (χ3n) is 15.7. The first-order valence-corrected chi connectivity index (χ1v) is 32.4. The van der Waals surface area contributed by atoms with Gasteiger partial charge in [0.25, 0.3) is 0 Å². The number of ether oxygens (including phenoxy) is 6. The van der Waals surface area contributed by atoms with E-state index in [4.69, 9.17) is 28.4 Å². The predicted octanol–water partition coefficient (Wildman–Crippen LogP) is 12.7. The second-order valence-corrected chi connectivity index (χ2v) is 22.9. The molecule has 0 aliphatic carbocycles. The van der Waals surface area contributed by atoms with Crippen molar-refractivity contribution in [3.8, 4) is 0 Å². The van der Waals surface area contributed by atoms with E-state index in [-0.39, 0.29) is 25.6 Å². The Bertz CT molecular complexity index is 1380. The van der Waals surface area contributed by atoms with Gasteiger partial charge in [-0.2, -0.15) is 0 Å². The zero-order chi connectivity index (χ0) is 56.5. The summed E-state index contributed by atoms with van der Waals surface area (Å²) in [6.07, 6.45) is 43.9. The summed E-state index contributed by atoms with van der Waals surface area (Å²) in [5.41, 5.74) is 0. The van der Waals surface area contributed by atoms with Crippen LogP contribution < -0.4 is 0 Å². The van der Waals surface area contributed by atoms with Crippen molar-refractivity contribution in [2.24, 2.45) is 0 Å². The van der Waals surface area contributed by atoms with E-state index in [0.29, 0.717) is 13.0 Å². The Balaban J connectivity index is 1.66. The van der Waals surface area contributed by atoms with Crippen molar-refractivity contribution in [1.29, 1.82) is 0 Å². The van der Waals surface area contributed by atoms with Crippen LogP contribution in [0.1, 0.15) is 277 Å². The molecule has 11 unspecified atom stereocenters. The molecule has 2 heterocycles. The molecule has 2 saturated heterocycles. The summed E-state index contributed by atoms with van der Waals surface area (Å²) in [5.74, 6) is -0.370. The van der Waals surface area contributed by atoms with Gasteiger partial charge in [-0.05, 0) is 44.9 Å². The highest BCUT2D eigenvalue weighted by molar-refractivity contribution is 5.69. The van der Waals surface area contributed by atoms with Crippen LogP contribution in [0, 0.1) is 0 Å². The quantitative estimate of drug-likeness (QED) is 0.0172. The van der Waals surface area contributed by atoms with Crippen LogP contribution in [-0.2, 0) is 33.2 Å². The fourth-order valence-corrected chi connectivity index (χ4v) is 10.5. The molecule has 0 bridgehead atoms. The Hall–Kier alpha value is -1.53. The molecule has 78 heavy (non-hydrogen) atoms. The van der Waals surface area contributed by atoms with Gasteiger partial charge in [-0.3, -0.25) is 4.79 Å². The SMILES string of the molecule is CCCCC/C=C\C/C=C\CCCCCCCCCCCCOCC(COC1OC(COC2OC(CO)C(O)C(O)C2O)C(O)C(O)C1O)OC(=O)CCCCCCCCCCCCCCCCCCCCCCCCCC. The largest absolute Gasteiger partial charge is 0.457 e. The third-order valence-corrected chi connectivity index (χ3v) is 15.7. The standard InChI is InChI=1S/C64H120O14/c1-3-5-7-9-11-13-15-17-19-21-23-25-26-27-28-29-31-33-35-37-39-41-43-45-47-56(66)76-53(50-73-48-46-44-42-40-38-36-34-32-30-24-22-20-18-16-14-12-10-8-6-4-2)51-74-63-62(72)60(70)58(68)55(78-63)52-75-64-61(71)59(69)57(67)54(49-65)77-64/h12,14,18,20,53-55,57-65,67-72H,3-11,13,15-17,19,21-52H2,1-2H3/b14-12-,20-18-. The summed E-state index contributed by atoms with van der Waals surface area (Å²) in [4.78, 5) is 13.1. The van der Waals surface area contributed by atoms with Crippen LogP contribution >= 0.6 is 0 Å². The fraction of sp³-hybridized carbons (Fsp3) is 0.922. The molecule has 14 heteroatoms. The summed E-state index contributed by atoms with van der Waals surface area (Å²) in [6, 6.07) is 0. The fourth-order valence-electron chi connectivity index (χ4n) is 10.5. The molecule has 7 N–H and O–H groups in total. The minimum absolute atomic E-state index is 0.0643. The lowest BCUT2D eigenvalue weighted by Crippen LogP contribution is -2.61. The van der Waals surface area contributed by atoms with Gasteiger partial charge in [-0.15, -0.1) is 0 Å². The maximum absolute atomic E-state index is 13.1. The van der Waals surface area contributed by atoms with Gasteiger partial charge in [0.1, 0.15) is 54.9 Å². The number of rotatable bonds is 54. The molecule has 0 radical (unpaired) electrons. The number of esters is 1. The van der Waals surface area contributed by atoms with Crippen molar-refractivity contribution >= 4 is 5.97 Å². The number of hydrogen-bond donors (Lipinski definition) is 7. The van der Waals surface area contributed by atoms with Crippen LogP contribution in [-0.4, -0.2) is 142 Å². The van der Waals surface area contributed by atoms with Crippen molar-refractivity contribution in [1.82, 2.24) is 0 Å². The van der Waals surface area contributed by atoms with E-state index in [1.807, 2.05) is 0 Å². The third kappa shape index (κ3) is 36.8.